The number of rotatable bonds is 5. The summed E-state index contributed by atoms with van der Waals surface area (Å²) in [5.74, 6) is 2.03. The molecule has 2 rings (SSSR count). The van der Waals surface area contributed by atoms with Gasteiger partial charge in [0.1, 0.15) is 11.4 Å². The quantitative estimate of drug-likeness (QED) is 0.482. The van der Waals surface area contributed by atoms with Crippen LogP contribution in [0.1, 0.15) is 11.1 Å². The first kappa shape index (κ1) is 15.7. The van der Waals surface area contributed by atoms with Crippen molar-refractivity contribution >= 4 is 17.4 Å². The molecule has 0 atom stereocenters. The largest absolute Gasteiger partial charge is 0.465 e. The highest BCUT2D eigenvalue weighted by molar-refractivity contribution is 6.25. The molecule has 0 N–H and O–H groups in total. The molecule has 0 aromatic heterocycles. The molecule has 0 saturated carbocycles. The smallest absolute Gasteiger partial charge is 0.347 e. The number of carbonyl (C=O) groups excluding carboxylic acids is 1. The van der Waals surface area contributed by atoms with Gasteiger partial charge in [-0.2, -0.15) is 0 Å². The summed E-state index contributed by atoms with van der Waals surface area (Å²) in [6, 6.07) is 15.4. The Balaban J connectivity index is 2.11. The van der Waals surface area contributed by atoms with Crippen molar-refractivity contribution in [2.45, 2.75) is 6.42 Å². The molecule has 0 spiro atoms. The van der Waals surface area contributed by atoms with Crippen LogP contribution >= 0.6 is 0 Å². The molecule has 2 aromatic rings. The normalized spacial score (nSPS) is 9.73. The average molecular weight is 297 g/mol. The van der Waals surface area contributed by atoms with E-state index in [0.717, 1.165) is 5.56 Å². The predicted molar refractivity (Wildman–Crippen MR) is 84.3 cm³/mol. The van der Waals surface area contributed by atoms with E-state index in [4.69, 9.17) is 4.74 Å². The second kappa shape index (κ2) is 7.91. The minimum Gasteiger partial charge on any atom is -0.465 e. The van der Waals surface area contributed by atoms with Gasteiger partial charge in [0.25, 0.3) is 0 Å². The molecule has 0 radical (unpaired) electrons. The van der Waals surface area contributed by atoms with Crippen LogP contribution in [-0.2, 0) is 16.0 Å². The van der Waals surface area contributed by atoms with Crippen LogP contribution in [0.2, 0.25) is 0 Å². The molecule has 4 heteroatoms. The third kappa shape index (κ3) is 4.40. The van der Waals surface area contributed by atoms with Crippen LogP contribution in [-0.4, -0.2) is 25.5 Å². The topological polar surface area (TPSA) is 38.7 Å². The summed E-state index contributed by atoms with van der Waals surface area (Å²) in [6.07, 6.45) is 0.649. The molecule has 0 saturated heterocycles. The summed E-state index contributed by atoms with van der Waals surface area (Å²) < 4.78 is 17.6. The van der Waals surface area contributed by atoms with Crippen molar-refractivity contribution in [3.05, 3.63) is 71.5 Å². The lowest BCUT2D eigenvalue weighted by molar-refractivity contribution is -0.133. The Hall–Kier alpha value is -2.71. The van der Waals surface area contributed by atoms with E-state index < -0.39 is 5.97 Å². The molecule has 0 amide bonds. The fourth-order valence-electron chi connectivity index (χ4n) is 1.91. The van der Waals surface area contributed by atoms with Crippen molar-refractivity contribution in [2.24, 2.45) is 4.99 Å². The molecule has 0 aliphatic carbocycles. The van der Waals surface area contributed by atoms with Crippen molar-refractivity contribution in [1.82, 2.24) is 0 Å². The van der Waals surface area contributed by atoms with Crippen LogP contribution in [0.5, 0.6) is 0 Å². The number of halogens is 1. The van der Waals surface area contributed by atoms with Crippen LogP contribution in [0.25, 0.3) is 5.57 Å². The molecular formula is C18H16FNO2. The Labute approximate surface area is 128 Å². The first-order valence-electron chi connectivity index (χ1n) is 6.88. The Morgan fingerprint density at radius 2 is 1.82 bits per heavy atom. The number of ether oxygens (including phenoxy) is 1. The van der Waals surface area contributed by atoms with Crippen molar-refractivity contribution < 1.29 is 13.9 Å². The SMILES string of the molecule is COC(=O)C(=C=NCCc1ccc(F)cc1)c1ccccc1. The van der Waals surface area contributed by atoms with Crippen molar-refractivity contribution in [3.63, 3.8) is 0 Å². The van der Waals surface area contributed by atoms with E-state index in [1.54, 1.807) is 24.3 Å². The zero-order valence-corrected chi connectivity index (χ0v) is 12.3. The van der Waals surface area contributed by atoms with E-state index in [1.807, 2.05) is 18.2 Å². The van der Waals surface area contributed by atoms with Crippen LogP contribution in [0, 0.1) is 5.82 Å². The highest BCUT2D eigenvalue weighted by atomic mass is 19.1. The monoisotopic (exact) mass is 297 g/mol. The maximum absolute atomic E-state index is 12.8. The summed E-state index contributed by atoms with van der Waals surface area (Å²) in [4.78, 5) is 15.9. The average Bonchev–Trinajstić information content (AvgIpc) is 2.56. The first-order chi connectivity index (χ1) is 10.7. The van der Waals surface area contributed by atoms with Crippen LogP contribution < -0.4 is 0 Å². The number of methoxy groups -OCH3 is 1. The zero-order chi connectivity index (χ0) is 15.8. The number of nitrogens with zero attached hydrogens (tertiary/aromatic N) is 1. The molecule has 22 heavy (non-hydrogen) atoms. The van der Waals surface area contributed by atoms with Crippen LogP contribution in [0.15, 0.2) is 59.6 Å². The molecule has 0 unspecified atom stereocenters. The van der Waals surface area contributed by atoms with E-state index in [0.29, 0.717) is 24.1 Å². The molecule has 3 nitrogen and oxygen atoms in total. The summed E-state index contributed by atoms with van der Waals surface area (Å²) in [6.45, 7) is 0.457. The lowest BCUT2D eigenvalue weighted by atomic mass is 10.1. The Kier molecular flexibility index (Phi) is 5.64. The van der Waals surface area contributed by atoms with E-state index in [-0.39, 0.29) is 5.82 Å². The van der Waals surface area contributed by atoms with E-state index in [2.05, 4.69) is 10.9 Å². The van der Waals surface area contributed by atoms with E-state index in [9.17, 15) is 9.18 Å². The van der Waals surface area contributed by atoms with Gasteiger partial charge in [-0.25, -0.2) is 14.2 Å². The lowest BCUT2D eigenvalue weighted by Gasteiger charge is -2.01. The highest BCUT2D eigenvalue weighted by Gasteiger charge is 2.11. The molecule has 2 aromatic carbocycles. The van der Waals surface area contributed by atoms with Crippen LogP contribution in [0.4, 0.5) is 4.39 Å². The molecule has 112 valence electrons. The number of aliphatic imine (C=N–C) groups is 1. The van der Waals surface area contributed by atoms with Gasteiger partial charge in [-0.15, -0.1) is 0 Å². The maximum atomic E-state index is 12.8. The van der Waals surface area contributed by atoms with Gasteiger partial charge in [0.15, 0.2) is 0 Å². The molecule has 0 heterocycles. The fraction of sp³-hybridized carbons (Fsp3) is 0.167. The maximum Gasteiger partial charge on any atom is 0.347 e. The number of benzene rings is 2. The van der Waals surface area contributed by atoms with Gasteiger partial charge in [0, 0.05) is 0 Å². The standard InChI is InChI=1S/C18H16FNO2/c1-22-18(21)17(15-5-3-2-4-6-15)13-20-12-11-14-7-9-16(19)10-8-14/h2-10H,11-12H2,1H3. The van der Waals surface area contributed by atoms with Crippen LogP contribution in [0.3, 0.4) is 0 Å². The van der Waals surface area contributed by atoms with Crippen molar-refractivity contribution in [1.29, 1.82) is 0 Å². The summed E-state index contributed by atoms with van der Waals surface area (Å²) in [7, 11) is 1.32. The molecule has 0 aliphatic heterocycles. The minimum atomic E-state index is -0.475. The number of hydrogen-bond acceptors (Lipinski definition) is 3. The number of carbonyl (C=O) groups is 1. The lowest BCUT2D eigenvalue weighted by Crippen LogP contribution is -2.04. The molecule has 0 aliphatic rings. The van der Waals surface area contributed by atoms with E-state index in [1.165, 1.54) is 19.2 Å². The van der Waals surface area contributed by atoms with Gasteiger partial charge in [-0.05, 0) is 35.6 Å². The van der Waals surface area contributed by atoms with E-state index >= 15 is 0 Å². The molecular weight excluding hydrogens is 281 g/mol. The second-order valence-electron chi connectivity index (χ2n) is 4.60. The summed E-state index contributed by atoms with van der Waals surface area (Å²) in [5.41, 5.74) is 1.98. The fourth-order valence-corrected chi connectivity index (χ4v) is 1.91. The predicted octanol–water partition coefficient (Wildman–Crippen LogP) is 3.29. The second-order valence-corrected chi connectivity index (χ2v) is 4.60. The van der Waals surface area contributed by atoms with Gasteiger partial charge in [-0.1, -0.05) is 42.5 Å². The van der Waals surface area contributed by atoms with Crippen molar-refractivity contribution in [3.8, 4) is 0 Å². The minimum absolute atomic E-state index is 0.260. The van der Waals surface area contributed by atoms with Crippen molar-refractivity contribution in [2.75, 3.05) is 13.7 Å². The Bertz CT molecular complexity index is 687. The number of esters is 1. The number of hydrogen-bond donors (Lipinski definition) is 0. The first-order valence-corrected chi connectivity index (χ1v) is 6.88. The van der Waals surface area contributed by atoms with Gasteiger partial charge in [0.2, 0.25) is 0 Å². The Morgan fingerprint density at radius 1 is 1.14 bits per heavy atom. The summed E-state index contributed by atoms with van der Waals surface area (Å²) in [5, 5.41) is 0. The van der Waals surface area contributed by atoms with Gasteiger partial charge in [0.05, 0.1) is 13.7 Å². The van der Waals surface area contributed by atoms with Gasteiger partial charge < -0.3 is 4.74 Å². The summed E-state index contributed by atoms with van der Waals surface area (Å²) >= 11 is 0. The molecule has 0 fully saturated rings. The zero-order valence-electron chi connectivity index (χ0n) is 12.3. The third-order valence-corrected chi connectivity index (χ3v) is 3.07. The van der Waals surface area contributed by atoms with Gasteiger partial charge in [-0.3, -0.25) is 0 Å². The van der Waals surface area contributed by atoms with Gasteiger partial charge >= 0.3 is 5.97 Å². The highest BCUT2D eigenvalue weighted by Crippen LogP contribution is 2.12. The Morgan fingerprint density at radius 3 is 2.45 bits per heavy atom. The third-order valence-electron chi connectivity index (χ3n) is 3.07. The molecule has 0 bridgehead atoms.